The molecule has 12 heteroatoms. The molecule has 0 bridgehead atoms. The lowest BCUT2D eigenvalue weighted by atomic mass is 9.95. The van der Waals surface area contributed by atoms with Crippen LogP contribution in [0.5, 0.6) is 23.0 Å². The first-order valence-electron chi connectivity index (χ1n) is 17.3. The number of aromatic nitrogens is 1. The van der Waals surface area contributed by atoms with Crippen molar-refractivity contribution in [1.82, 2.24) is 4.57 Å². The Hall–Kier alpha value is -5.88. The minimum Gasteiger partial charge on any atom is -0.490 e. The monoisotopic (exact) mass is 736 g/mol. The number of nitrogens with zero attached hydrogens (tertiary/aromatic N) is 2. The predicted molar refractivity (Wildman–Crippen MR) is 201 cm³/mol. The van der Waals surface area contributed by atoms with Crippen LogP contribution in [0.3, 0.4) is 0 Å². The summed E-state index contributed by atoms with van der Waals surface area (Å²) >= 11 is 1.21. The van der Waals surface area contributed by atoms with Crippen LogP contribution >= 0.6 is 11.3 Å². The van der Waals surface area contributed by atoms with Crippen LogP contribution in [-0.4, -0.2) is 50.0 Å². The summed E-state index contributed by atoms with van der Waals surface area (Å²) < 4.78 is 35.8. The van der Waals surface area contributed by atoms with E-state index in [-0.39, 0.29) is 24.3 Å². The van der Waals surface area contributed by atoms with Gasteiger partial charge in [0.2, 0.25) is 0 Å². The fourth-order valence-corrected chi connectivity index (χ4v) is 7.16. The quantitative estimate of drug-likeness (QED) is 0.129. The van der Waals surface area contributed by atoms with Gasteiger partial charge >= 0.3 is 11.9 Å². The van der Waals surface area contributed by atoms with Crippen molar-refractivity contribution in [3.05, 3.63) is 127 Å². The fourth-order valence-electron chi connectivity index (χ4n) is 6.11. The van der Waals surface area contributed by atoms with Crippen LogP contribution in [0.2, 0.25) is 0 Å². The fraction of sp³-hybridized carbons (Fsp3) is 0.268. The van der Waals surface area contributed by atoms with Crippen molar-refractivity contribution in [3.8, 4) is 23.0 Å². The molecule has 0 saturated heterocycles. The molecule has 0 unspecified atom stereocenters. The van der Waals surface area contributed by atoms with E-state index >= 15 is 0 Å². The molecule has 5 aromatic rings. The van der Waals surface area contributed by atoms with E-state index in [1.165, 1.54) is 23.0 Å². The third-order valence-electron chi connectivity index (χ3n) is 8.50. The first kappa shape index (κ1) is 36.9. The zero-order chi connectivity index (χ0) is 37.5. The lowest BCUT2D eigenvalue weighted by Gasteiger charge is -2.25. The van der Waals surface area contributed by atoms with E-state index in [2.05, 4.69) is 23.2 Å². The molecule has 274 valence electrons. The molecule has 0 N–H and O–H groups in total. The minimum atomic E-state index is -0.884. The second kappa shape index (κ2) is 16.6. The number of methoxy groups -OCH3 is 1. The van der Waals surface area contributed by atoms with E-state index < -0.39 is 18.0 Å². The number of fused-ring (bicyclic) bond motifs is 2. The van der Waals surface area contributed by atoms with Gasteiger partial charge < -0.3 is 28.4 Å². The lowest BCUT2D eigenvalue weighted by Crippen LogP contribution is -2.40. The average molecular weight is 737 g/mol. The number of hydrogen-bond donors (Lipinski definition) is 0. The normalized spacial score (nSPS) is 14.0. The van der Waals surface area contributed by atoms with Gasteiger partial charge in [-0.1, -0.05) is 65.9 Å². The highest BCUT2D eigenvalue weighted by Gasteiger charge is 2.34. The Bertz CT molecular complexity index is 2370. The molecule has 0 aliphatic carbocycles. The number of allylic oxidation sites excluding steroid dienone is 1. The van der Waals surface area contributed by atoms with Gasteiger partial charge in [0.25, 0.3) is 5.56 Å². The van der Waals surface area contributed by atoms with Gasteiger partial charge in [0.1, 0.15) is 6.61 Å². The van der Waals surface area contributed by atoms with Crippen LogP contribution in [0.25, 0.3) is 16.8 Å². The summed E-state index contributed by atoms with van der Waals surface area (Å²) in [6, 6.07) is 24.0. The first-order chi connectivity index (χ1) is 25.8. The minimum absolute atomic E-state index is 0.140. The molecule has 6 rings (SSSR count). The molecule has 4 aromatic carbocycles. The number of carbonyl (C=O) groups is 2. The third-order valence-corrected chi connectivity index (χ3v) is 9.48. The van der Waals surface area contributed by atoms with Gasteiger partial charge in [-0.25, -0.2) is 14.6 Å². The van der Waals surface area contributed by atoms with Crippen LogP contribution in [-0.2, 0) is 25.7 Å². The van der Waals surface area contributed by atoms with Crippen molar-refractivity contribution >= 4 is 40.1 Å². The summed E-state index contributed by atoms with van der Waals surface area (Å²) in [6.45, 7) is 8.05. The molecule has 53 heavy (non-hydrogen) atoms. The van der Waals surface area contributed by atoms with Crippen molar-refractivity contribution in [2.24, 2.45) is 4.99 Å². The van der Waals surface area contributed by atoms with E-state index in [1.54, 1.807) is 38.1 Å². The largest absolute Gasteiger partial charge is 0.490 e. The molecule has 11 nitrogen and oxygen atoms in total. The van der Waals surface area contributed by atoms with E-state index in [1.807, 2.05) is 56.3 Å². The maximum Gasteiger partial charge on any atom is 0.343 e. The van der Waals surface area contributed by atoms with Gasteiger partial charge in [-0.2, -0.15) is 0 Å². The topological polar surface area (TPSA) is 124 Å². The highest BCUT2D eigenvalue weighted by atomic mass is 32.1. The summed E-state index contributed by atoms with van der Waals surface area (Å²) in [6.07, 6.45) is 1.77. The van der Waals surface area contributed by atoms with Crippen LogP contribution in [0.4, 0.5) is 0 Å². The molecule has 1 aliphatic heterocycles. The number of rotatable bonds is 14. The second-order valence-corrected chi connectivity index (χ2v) is 12.9. The van der Waals surface area contributed by atoms with E-state index in [9.17, 15) is 14.4 Å². The molecular weight excluding hydrogens is 697 g/mol. The smallest absolute Gasteiger partial charge is 0.343 e. The van der Waals surface area contributed by atoms with Crippen molar-refractivity contribution in [2.75, 3.05) is 33.5 Å². The number of thiazole rings is 1. The summed E-state index contributed by atoms with van der Waals surface area (Å²) in [4.78, 5) is 44.6. The predicted octanol–water partition coefficient (Wildman–Crippen LogP) is 5.88. The number of hydrogen-bond acceptors (Lipinski definition) is 11. The molecule has 0 fully saturated rings. The standard InChI is InChI=1S/C41H40N2O9S/c1-6-48-33-20-26(16-18-31(33)51-23-29-14-11-13-27-12-9-10-15-30(27)29)21-35-39(45)43-38(37(40(46)50-8-3)25(4)42-41(43)53-35)28-17-19-32(34(22-28)49-7-2)52-24-36(44)47-5/h9-22,38H,6-8,23-24H2,1-5H3/b35-21-/t38-/m0/s1. The highest BCUT2D eigenvalue weighted by Crippen LogP contribution is 2.37. The molecule has 0 spiro atoms. The van der Waals surface area contributed by atoms with Gasteiger partial charge in [-0.15, -0.1) is 0 Å². The lowest BCUT2D eigenvalue weighted by molar-refractivity contribution is -0.143. The summed E-state index contributed by atoms with van der Waals surface area (Å²) in [5.41, 5.74) is 2.65. The van der Waals surface area contributed by atoms with Crippen molar-refractivity contribution in [3.63, 3.8) is 0 Å². The Kier molecular flexibility index (Phi) is 11.6. The van der Waals surface area contributed by atoms with Crippen molar-refractivity contribution < 1.29 is 38.0 Å². The molecule has 1 atom stereocenters. The molecule has 0 saturated carbocycles. The Balaban J connectivity index is 1.39. The van der Waals surface area contributed by atoms with Crippen LogP contribution in [0.15, 0.2) is 99.9 Å². The zero-order valence-electron chi connectivity index (χ0n) is 30.2. The molecular formula is C41H40N2O9S. The summed E-state index contributed by atoms with van der Waals surface area (Å²) in [7, 11) is 1.27. The SMILES string of the molecule is CCOC(=O)C1=C(C)N=c2s/c(=C\c3ccc(OCc4cccc5ccccc45)c(OCC)c3)c(=O)n2[C@H]1c1ccc(OCC(=O)OC)c(OCC)c1. The average Bonchev–Trinajstić information content (AvgIpc) is 3.46. The molecule has 1 aliphatic rings. The molecule has 0 amide bonds. The van der Waals surface area contributed by atoms with Gasteiger partial charge in [0.15, 0.2) is 34.4 Å². The van der Waals surface area contributed by atoms with Crippen molar-refractivity contribution in [1.29, 1.82) is 0 Å². The maximum absolute atomic E-state index is 14.3. The summed E-state index contributed by atoms with van der Waals surface area (Å²) in [5.74, 6) is 0.630. The number of ether oxygens (including phenoxy) is 6. The maximum atomic E-state index is 14.3. The zero-order valence-corrected chi connectivity index (χ0v) is 31.0. The first-order valence-corrected chi connectivity index (χ1v) is 18.1. The van der Waals surface area contributed by atoms with Crippen LogP contribution < -0.4 is 33.8 Å². The van der Waals surface area contributed by atoms with Gasteiger partial charge in [0, 0.05) is 0 Å². The number of benzene rings is 4. The number of esters is 2. The second-order valence-electron chi connectivity index (χ2n) is 11.9. The Labute approximate surface area is 310 Å². The van der Waals surface area contributed by atoms with E-state index in [0.717, 1.165) is 21.9 Å². The third kappa shape index (κ3) is 7.97. The number of carbonyl (C=O) groups excluding carboxylic acids is 2. The van der Waals surface area contributed by atoms with Gasteiger partial charge in [0.05, 0.1) is 48.8 Å². The Morgan fingerprint density at radius 1 is 0.830 bits per heavy atom. The summed E-state index contributed by atoms with van der Waals surface area (Å²) in [5, 5.41) is 2.26. The Morgan fingerprint density at radius 3 is 2.30 bits per heavy atom. The van der Waals surface area contributed by atoms with Gasteiger partial charge in [-0.05, 0) is 85.5 Å². The molecule has 1 aromatic heterocycles. The van der Waals surface area contributed by atoms with E-state index in [0.29, 0.717) is 63.4 Å². The van der Waals surface area contributed by atoms with Crippen LogP contribution in [0, 0.1) is 0 Å². The molecule has 0 radical (unpaired) electrons. The molecule has 2 heterocycles. The van der Waals surface area contributed by atoms with Crippen molar-refractivity contribution in [2.45, 2.75) is 40.3 Å². The van der Waals surface area contributed by atoms with Crippen LogP contribution in [0.1, 0.15) is 50.4 Å². The highest BCUT2D eigenvalue weighted by molar-refractivity contribution is 7.07. The Morgan fingerprint density at radius 2 is 1.55 bits per heavy atom. The van der Waals surface area contributed by atoms with E-state index in [4.69, 9.17) is 28.4 Å². The van der Waals surface area contributed by atoms with Gasteiger partial charge in [-0.3, -0.25) is 9.36 Å².